The maximum absolute atomic E-state index is 5.62. The molecule has 1 heterocycles. The first-order chi connectivity index (χ1) is 8.88. The molecule has 0 saturated carbocycles. The zero-order valence-electron chi connectivity index (χ0n) is 10.5. The van der Waals surface area contributed by atoms with Crippen LogP contribution in [-0.2, 0) is 19.5 Å². The van der Waals surface area contributed by atoms with Gasteiger partial charge in [-0.25, -0.2) is 0 Å². The number of nitrogens with two attached hydrogens (primary N) is 1. The average Bonchev–Trinajstić information content (AvgIpc) is 2.45. The molecule has 94 valence electrons. The first-order valence-corrected chi connectivity index (χ1v) is 6.26. The van der Waals surface area contributed by atoms with Gasteiger partial charge in [0.25, 0.3) is 0 Å². The van der Waals surface area contributed by atoms with Crippen molar-refractivity contribution in [3.8, 4) is 0 Å². The summed E-state index contributed by atoms with van der Waals surface area (Å²) in [5, 5.41) is 3.43. The molecular formula is C15H19N3. The molecule has 0 fully saturated rings. The molecule has 3 nitrogen and oxygen atoms in total. The summed E-state index contributed by atoms with van der Waals surface area (Å²) in [6, 6.07) is 12.5. The minimum atomic E-state index is 0.601. The van der Waals surface area contributed by atoms with Gasteiger partial charge in [0.15, 0.2) is 0 Å². The molecule has 0 aliphatic rings. The number of pyridine rings is 1. The van der Waals surface area contributed by atoms with Gasteiger partial charge in [-0.2, -0.15) is 0 Å². The molecular weight excluding hydrogens is 222 g/mol. The normalized spacial score (nSPS) is 10.5. The van der Waals surface area contributed by atoms with E-state index in [0.717, 1.165) is 19.5 Å². The fourth-order valence-electron chi connectivity index (χ4n) is 1.88. The van der Waals surface area contributed by atoms with E-state index >= 15 is 0 Å². The van der Waals surface area contributed by atoms with Crippen LogP contribution in [0.2, 0.25) is 0 Å². The predicted octanol–water partition coefficient (Wildman–Crippen LogP) is 1.87. The van der Waals surface area contributed by atoms with Gasteiger partial charge in [-0.3, -0.25) is 4.98 Å². The zero-order chi connectivity index (χ0) is 12.6. The van der Waals surface area contributed by atoms with E-state index in [-0.39, 0.29) is 0 Å². The molecule has 0 saturated heterocycles. The summed E-state index contributed by atoms with van der Waals surface area (Å²) < 4.78 is 0. The van der Waals surface area contributed by atoms with Crippen LogP contribution in [0.3, 0.4) is 0 Å². The Kier molecular flexibility index (Phi) is 4.88. The molecule has 3 N–H and O–H groups in total. The van der Waals surface area contributed by atoms with Gasteiger partial charge >= 0.3 is 0 Å². The average molecular weight is 241 g/mol. The van der Waals surface area contributed by atoms with Crippen LogP contribution in [0.1, 0.15) is 16.7 Å². The zero-order valence-corrected chi connectivity index (χ0v) is 10.5. The van der Waals surface area contributed by atoms with Crippen LogP contribution in [0.15, 0.2) is 48.8 Å². The molecule has 2 rings (SSSR count). The fourth-order valence-corrected chi connectivity index (χ4v) is 1.88. The summed E-state index contributed by atoms with van der Waals surface area (Å²) >= 11 is 0. The second-order valence-corrected chi connectivity index (χ2v) is 4.31. The third-order valence-corrected chi connectivity index (χ3v) is 2.87. The van der Waals surface area contributed by atoms with Crippen LogP contribution >= 0.6 is 0 Å². The third-order valence-electron chi connectivity index (χ3n) is 2.87. The molecule has 0 atom stereocenters. The van der Waals surface area contributed by atoms with Crippen molar-refractivity contribution >= 4 is 0 Å². The standard InChI is InChI=1S/C15H19N3/c16-10-14-3-1-4-15(9-14)12-18-8-6-13-5-2-7-17-11-13/h1-5,7,9,11,18H,6,8,10,12,16H2. The first kappa shape index (κ1) is 12.7. The van der Waals surface area contributed by atoms with E-state index in [2.05, 4.69) is 40.6 Å². The summed E-state index contributed by atoms with van der Waals surface area (Å²) in [6.07, 6.45) is 4.72. The van der Waals surface area contributed by atoms with Gasteiger partial charge in [-0.15, -0.1) is 0 Å². The maximum Gasteiger partial charge on any atom is 0.0300 e. The molecule has 0 unspecified atom stereocenters. The van der Waals surface area contributed by atoms with Gasteiger partial charge in [-0.05, 0) is 35.7 Å². The molecule has 0 spiro atoms. The third kappa shape index (κ3) is 3.95. The quantitative estimate of drug-likeness (QED) is 0.759. The van der Waals surface area contributed by atoms with Crippen molar-refractivity contribution in [2.24, 2.45) is 5.73 Å². The second-order valence-electron chi connectivity index (χ2n) is 4.31. The first-order valence-electron chi connectivity index (χ1n) is 6.26. The van der Waals surface area contributed by atoms with Crippen LogP contribution in [0.25, 0.3) is 0 Å². The van der Waals surface area contributed by atoms with E-state index in [0.29, 0.717) is 6.54 Å². The number of benzene rings is 1. The lowest BCUT2D eigenvalue weighted by Gasteiger charge is -2.06. The number of hydrogen-bond donors (Lipinski definition) is 2. The smallest absolute Gasteiger partial charge is 0.0300 e. The predicted molar refractivity (Wildman–Crippen MR) is 74.0 cm³/mol. The minimum Gasteiger partial charge on any atom is -0.326 e. The molecule has 0 bridgehead atoms. The summed E-state index contributed by atoms with van der Waals surface area (Å²) in [5.74, 6) is 0. The van der Waals surface area contributed by atoms with Crippen LogP contribution < -0.4 is 11.1 Å². The van der Waals surface area contributed by atoms with Gasteiger partial charge in [0, 0.05) is 25.5 Å². The van der Waals surface area contributed by atoms with E-state index in [4.69, 9.17) is 5.73 Å². The van der Waals surface area contributed by atoms with E-state index in [9.17, 15) is 0 Å². The molecule has 0 aliphatic carbocycles. The monoisotopic (exact) mass is 241 g/mol. The van der Waals surface area contributed by atoms with Gasteiger partial charge in [-0.1, -0.05) is 30.3 Å². The highest BCUT2D eigenvalue weighted by Gasteiger charge is 1.95. The van der Waals surface area contributed by atoms with Crippen LogP contribution in [0.4, 0.5) is 0 Å². The molecule has 18 heavy (non-hydrogen) atoms. The molecule has 0 aliphatic heterocycles. The molecule has 1 aromatic heterocycles. The van der Waals surface area contributed by atoms with Crippen LogP contribution in [-0.4, -0.2) is 11.5 Å². The Labute approximate surface area is 108 Å². The van der Waals surface area contributed by atoms with Crippen molar-refractivity contribution in [2.45, 2.75) is 19.5 Å². The highest BCUT2D eigenvalue weighted by Crippen LogP contribution is 2.04. The Hall–Kier alpha value is -1.71. The summed E-state index contributed by atoms with van der Waals surface area (Å²) in [5.41, 5.74) is 9.35. The van der Waals surface area contributed by atoms with Crippen LogP contribution in [0, 0.1) is 0 Å². The lowest BCUT2D eigenvalue weighted by molar-refractivity contribution is 0.685. The Morgan fingerprint density at radius 3 is 2.67 bits per heavy atom. The van der Waals surface area contributed by atoms with Crippen molar-refractivity contribution < 1.29 is 0 Å². The maximum atomic E-state index is 5.62. The Bertz CT molecular complexity index is 468. The highest BCUT2D eigenvalue weighted by atomic mass is 14.8. The van der Waals surface area contributed by atoms with Crippen molar-refractivity contribution in [1.82, 2.24) is 10.3 Å². The second kappa shape index (κ2) is 6.89. The topological polar surface area (TPSA) is 50.9 Å². The Morgan fingerprint density at radius 1 is 1.06 bits per heavy atom. The van der Waals surface area contributed by atoms with Gasteiger partial charge in [0.2, 0.25) is 0 Å². The summed E-state index contributed by atoms with van der Waals surface area (Å²) in [7, 11) is 0. The van der Waals surface area contributed by atoms with Gasteiger partial charge in [0.05, 0.1) is 0 Å². The van der Waals surface area contributed by atoms with Gasteiger partial charge < -0.3 is 11.1 Å². The van der Waals surface area contributed by atoms with E-state index in [1.54, 1.807) is 6.20 Å². The van der Waals surface area contributed by atoms with E-state index < -0.39 is 0 Å². The largest absolute Gasteiger partial charge is 0.326 e. The van der Waals surface area contributed by atoms with E-state index in [1.165, 1.54) is 16.7 Å². The van der Waals surface area contributed by atoms with Crippen LogP contribution in [0.5, 0.6) is 0 Å². The van der Waals surface area contributed by atoms with Crippen molar-refractivity contribution in [1.29, 1.82) is 0 Å². The van der Waals surface area contributed by atoms with Crippen molar-refractivity contribution in [3.05, 3.63) is 65.5 Å². The molecule has 0 radical (unpaired) electrons. The fraction of sp³-hybridized carbons (Fsp3) is 0.267. The Balaban J connectivity index is 1.75. The lowest BCUT2D eigenvalue weighted by atomic mass is 10.1. The number of nitrogens with one attached hydrogen (secondary N) is 1. The molecule has 0 amide bonds. The SMILES string of the molecule is NCc1cccc(CNCCc2cccnc2)c1. The van der Waals surface area contributed by atoms with Gasteiger partial charge in [0.1, 0.15) is 0 Å². The highest BCUT2D eigenvalue weighted by molar-refractivity contribution is 5.23. The number of nitrogens with zero attached hydrogens (tertiary/aromatic N) is 1. The molecule has 2 aromatic rings. The lowest BCUT2D eigenvalue weighted by Crippen LogP contribution is -2.16. The van der Waals surface area contributed by atoms with Crippen molar-refractivity contribution in [2.75, 3.05) is 6.54 Å². The number of aromatic nitrogens is 1. The summed E-state index contributed by atoms with van der Waals surface area (Å²) in [6.45, 7) is 2.44. The Morgan fingerprint density at radius 2 is 1.89 bits per heavy atom. The van der Waals surface area contributed by atoms with E-state index in [1.807, 2.05) is 12.3 Å². The number of hydrogen-bond acceptors (Lipinski definition) is 3. The summed E-state index contributed by atoms with van der Waals surface area (Å²) in [4.78, 5) is 4.10. The molecule has 3 heteroatoms. The molecule has 1 aromatic carbocycles. The number of rotatable bonds is 6. The minimum absolute atomic E-state index is 0.601. The van der Waals surface area contributed by atoms with Crippen molar-refractivity contribution in [3.63, 3.8) is 0 Å².